The standard InChI is InChI=1S/C16H28N4S2/c1-4-17-16(19-10-14-6-5-9-21-14)18-8-7-13-11-22-15(20-13)12(2)3/h11-12,14H,4-10H2,1-3H3,(H2,17,18,19). The third-order valence-corrected chi connectivity index (χ3v) is 6.13. The summed E-state index contributed by atoms with van der Waals surface area (Å²) < 4.78 is 0. The van der Waals surface area contributed by atoms with Crippen molar-refractivity contribution < 1.29 is 0 Å². The Balaban J connectivity index is 1.76. The van der Waals surface area contributed by atoms with Crippen LogP contribution in [0.4, 0.5) is 0 Å². The molecule has 1 atom stereocenters. The Morgan fingerprint density at radius 2 is 2.32 bits per heavy atom. The van der Waals surface area contributed by atoms with E-state index in [2.05, 4.69) is 53.5 Å². The van der Waals surface area contributed by atoms with Crippen LogP contribution in [0.1, 0.15) is 50.2 Å². The van der Waals surface area contributed by atoms with Crippen molar-refractivity contribution in [1.82, 2.24) is 15.6 Å². The molecule has 2 N–H and O–H groups in total. The van der Waals surface area contributed by atoms with Crippen molar-refractivity contribution >= 4 is 29.1 Å². The maximum atomic E-state index is 4.72. The molecule has 2 heterocycles. The Morgan fingerprint density at radius 1 is 1.45 bits per heavy atom. The van der Waals surface area contributed by atoms with E-state index in [9.17, 15) is 0 Å². The fraction of sp³-hybridized carbons (Fsp3) is 0.750. The Bertz CT molecular complexity index is 464. The van der Waals surface area contributed by atoms with E-state index >= 15 is 0 Å². The van der Waals surface area contributed by atoms with Gasteiger partial charge in [-0.15, -0.1) is 11.3 Å². The molecule has 0 aliphatic carbocycles. The van der Waals surface area contributed by atoms with E-state index in [1.54, 1.807) is 11.3 Å². The average molecular weight is 341 g/mol. The molecule has 2 rings (SSSR count). The van der Waals surface area contributed by atoms with Crippen molar-refractivity contribution in [2.24, 2.45) is 4.99 Å². The highest BCUT2D eigenvalue weighted by Crippen LogP contribution is 2.26. The lowest BCUT2D eigenvalue weighted by atomic mass is 10.2. The first-order valence-corrected chi connectivity index (χ1v) is 10.2. The minimum Gasteiger partial charge on any atom is -0.357 e. The average Bonchev–Trinajstić information content (AvgIpc) is 3.16. The minimum absolute atomic E-state index is 0.523. The van der Waals surface area contributed by atoms with E-state index in [4.69, 9.17) is 4.99 Å². The number of thioether (sulfide) groups is 1. The van der Waals surface area contributed by atoms with E-state index in [0.29, 0.717) is 11.2 Å². The lowest BCUT2D eigenvalue weighted by molar-refractivity contribution is 0.755. The number of hydrogen-bond donors (Lipinski definition) is 2. The van der Waals surface area contributed by atoms with Crippen LogP contribution in [-0.4, -0.2) is 41.6 Å². The SMILES string of the molecule is CCNC(=NCC1CCCS1)NCCc1csc(C(C)C)n1. The summed E-state index contributed by atoms with van der Waals surface area (Å²) in [5.74, 6) is 2.76. The molecule has 0 amide bonds. The van der Waals surface area contributed by atoms with Gasteiger partial charge in [-0.1, -0.05) is 13.8 Å². The predicted molar refractivity (Wildman–Crippen MR) is 99.4 cm³/mol. The molecule has 4 nitrogen and oxygen atoms in total. The summed E-state index contributed by atoms with van der Waals surface area (Å²) in [5, 5.41) is 10.9. The highest BCUT2D eigenvalue weighted by atomic mass is 32.2. The normalized spacial score (nSPS) is 18.9. The first-order chi connectivity index (χ1) is 10.7. The van der Waals surface area contributed by atoms with Gasteiger partial charge in [-0.2, -0.15) is 11.8 Å². The molecule has 0 spiro atoms. The second kappa shape index (κ2) is 9.40. The molecule has 0 bridgehead atoms. The number of rotatable bonds is 7. The lowest BCUT2D eigenvalue weighted by Crippen LogP contribution is -2.38. The topological polar surface area (TPSA) is 49.3 Å². The Kier molecular flexibility index (Phi) is 7.52. The van der Waals surface area contributed by atoms with Gasteiger partial charge in [0.25, 0.3) is 0 Å². The van der Waals surface area contributed by atoms with Crippen LogP contribution in [0.3, 0.4) is 0 Å². The Hall–Kier alpha value is -0.750. The van der Waals surface area contributed by atoms with Gasteiger partial charge in [0.1, 0.15) is 0 Å². The molecule has 0 saturated carbocycles. The van der Waals surface area contributed by atoms with Crippen molar-refractivity contribution in [3.8, 4) is 0 Å². The summed E-state index contributed by atoms with van der Waals surface area (Å²) >= 11 is 3.82. The lowest BCUT2D eigenvalue weighted by Gasteiger charge is -2.12. The molecule has 1 unspecified atom stereocenters. The van der Waals surface area contributed by atoms with Crippen LogP contribution < -0.4 is 10.6 Å². The third-order valence-electron chi connectivity index (χ3n) is 3.56. The van der Waals surface area contributed by atoms with Gasteiger partial charge in [-0.25, -0.2) is 4.98 Å². The molecule has 6 heteroatoms. The zero-order chi connectivity index (χ0) is 15.8. The first-order valence-electron chi connectivity index (χ1n) is 8.27. The zero-order valence-corrected chi connectivity index (χ0v) is 15.5. The molecule has 124 valence electrons. The number of aromatic nitrogens is 1. The second-order valence-electron chi connectivity index (χ2n) is 5.86. The molecule has 1 fully saturated rings. The number of nitrogens with zero attached hydrogens (tertiary/aromatic N) is 2. The van der Waals surface area contributed by atoms with Gasteiger partial charge in [0.15, 0.2) is 5.96 Å². The smallest absolute Gasteiger partial charge is 0.191 e. The van der Waals surface area contributed by atoms with Crippen LogP contribution in [-0.2, 0) is 6.42 Å². The van der Waals surface area contributed by atoms with Crippen LogP contribution in [0.2, 0.25) is 0 Å². The van der Waals surface area contributed by atoms with Crippen LogP contribution in [0.15, 0.2) is 10.4 Å². The van der Waals surface area contributed by atoms with Crippen molar-refractivity contribution in [2.45, 2.75) is 51.2 Å². The maximum Gasteiger partial charge on any atom is 0.191 e. The summed E-state index contributed by atoms with van der Waals surface area (Å²) in [4.78, 5) is 9.39. The molecule has 0 radical (unpaired) electrons. The van der Waals surface area contributed by atoms with E-state index < -0.39 is 0 Å². The summed E-state index contributed by atoms with van der Waals surface area (Å²) in [5.41, 5.74) is 1.18. The molecular weight excluding hydrogens is 312 g/mol. The fourth-order valence-electron chi connectivity index (χ4n) is 2.33. The summed E-state index contributed by atoms with van der Waals surface area (Å²) in [6.45, 7) is 9.20. The van der Waals surface area contributed by atoms with Crippen LogP contribution in [0.5, 0.6) is 0 Å². The first kappa shape index (κ1) is 17.6. The number of aliphatic imine (C=N–C) groups is 1. The number of thiazole rings is 1. The van der Waals surface area contributed by atoms with Crippen LogP contribution in [0.25, 0.3) is 0 Å². The monoisotopic (exact) mass is 340 g/mol. The molecular formula is C16H28N4S2. The van der Waals surface area contributed by atoms with Gasteiger partial charge in [-0.05, 0) is 25.5 Å². The van der Waals surface area contributed by atoms with Crippen molar-refractivity contribution in [3.05, 3.63) is 16.1 Å². The van der Waals surface area contributed by atoms with E-state index in [0.717, 1.165) is 32.0 Å². The molecule has 1 aromatic heterocycles. The second-order valence-corrected chi connectivity index (χ2v) is 8.16. The Morgan fingerprint density at radius 3 is 2.95 bits per heavy atom. The van der Waals surface area contributed by atoms with E-state index in [-0.39, 0.29) is 0 Å². The van der Waals surface area contributed by atoms with Gasteiger partial charge in [0.05, 0.1) is 17.2 Å². The van der Waals surface area contributed by atoms with Gasteiger partial charge in [-0.3, -0.25) is 4.99 Å². The highest BCUT2D eigenvalue weighted by Gasteiger charge is 2.15. The molecule has 1 aromatic rings. The van der Waals surface area contributed by atoms with Crippen molar-refractivity contribution in [3.63, 3.8) is 0 Å². The third kappa shape index (κ3) is 5.80. The molecule has 22 heavy (non-hydrogen) atoms. The molecule has 1 aliphatic heterocycles. The predicted octanol–water partition coefficient (Wildman–Crippen LogP) is 3.26. The quantitative estimate of drug-likeness (QED) is 0.591. The fourth-order valence-corrected chi connectivity index (χ4v) is 4.38. The molecule has 0 aromatic carbocycles. The highest BCUT2D eigenvalue weighted by molar-refractivity contribution is 8.00. The van der Waals surface area contributed by atoms with Gasteiger partial charge in [0.2, 0.25) is 0 Å². The van der Waals surface area contributed by atoms with Crippen LogP contribution >= 0.6 is 23.1 Å². The van der Waals surface area contributed by atoms with Crippen molar-refractivity contribution in [1.29, 1.82) is 0 Å². The summed E-state index contributed by atoms with van der Waals surface area (Å²) in [6, 6.07) is 0. The summed E-state index contributed by atoms with van der Waals surface area (Å²) in [7, 11) is 0. The maximum absolute atomic E-state index is 4.72. The largest absolute Gasteiger partial charge is 0.357 e. The van der Waals surface area contributed by atoms with Gasteiger partial charge >= 0.3 is 0 Å². The number of hydrogen-bond acceptors (Lipinski definition) is 4. The van der Waals surface area contributed by atoms with Gasteiger partial charge in [0, 0.05) is 36.1 Å². The van der Waals surface area contributed by atoms with Gasteiger partial charge < -0.3 is 10.6 Å². The van der Waals surface area contributed by atoms with Crippen LogP contribution in [0, 0.1) is 0 Å². The van der Waals surface area contributed by atoms with E-state index in [1.165, 1.54) is 29.3 Å². The molecule has 1 aliphatic rings. The minimum atomic E-state index is 0.523. The summed E-state index contributed by atoms with van der Waals surface area (Å²) in [6.07, 6.45) is 3.60. The molecule has 1 saturated heterocycles. The number of nitrogens with one attached hydrogen (secondary N) is 2. The van der Waals surface area contributed by atoms with E-state index in [1.807, 2.05) is 0 Å². The Labute approximate surface area is 142 Å². The van der Waals surface area contributed by atoms with Crippen molar-refractivity contribution in [2.75, 3.05) is 25.4 Å². The number of guanidine groups is 1. The zero-order valence-electron chi connectivity index (χ0n) is 13.9.